The maximum Gasteiger partial charge on any atom is 0.274 e. The van der Waals surface area contributed by atoms with Crippen LogP contribution in [0.25, 0.3) is 0 Å². The quantitative estimate of drug-likeness (QED) is 0.869. The lowest BCUT2D eigenvalue weighted by Crippen LogP contribution is -2.13. The van der Waals surface area contributed by atoms with Crippen LogP contribution in [0.2, 0.25) is 0 Å². The van der Waals surface area contributed by atoms with Crippen LogP contribution in [0.3, 0.4) is 0 Å². The standard InChI is InChI=1S/C13H15N3OS/c1-2-5-14-10-3-6-15-12(8-10)13(17)16-11-4-7-18-9-11/h3-4,6-9H,2,5H2,1H3,(H,14,15)(H,16,17). The fourth-order valence-corrected chi connectivity index (χ4v) is 2.05. The Morgan fingerprint density at radius 1 is 1.39 bits per heavy atom. The van der Waals surface area contributed by atoms with Crippen LogP contribution in [0.5, 0.6) is 0 Å². The number of thiophene rings is 1. The second kappa shape index (κ2) is 6.16. The number of rotatable bonds is 5. The summed E-state index contributed by atoms with van der Waals surface area (Å²) in [7, 11) is 0. The van der Waals surface area contributed by atoms with Crippen molar-refractivity contribution in [2.24, 2.45) is 0 Å². The third kappa shape index (κ3) is 3.30. The maximum atomic E-state index is 11.9. The Bertz CT molecular complexity index is 511. The molecule has 0 atom stereocenters. The summed E-state index contributed by atoms with van der Waals surface area (Å²) in [6.07, 6.45) is 2.68. The molecule has 1 amide bonds. The van der Waals surface area contributed by atoms with Gasteiger partial charge in [0.25, 0.3) is 5.91 Å². The van der Waals surface area contributed by atoms with Crippen molar-refractivity contribution in [1.82, 2.24) is 4.98 Å². The lowest BCUT2D eigenvalue weighted by atomic mass is 10.3. The molecular weight excluding hydrogens is 246 g/mol. The summed E-state index contributed by atoms with van der Waals surface area (Å²) in [4.78, 5) is 16.0. The summed E-state index contributed by atoms with van der Waals surface area (Å²) in [5.41, 5.74) is 2.14. The zero-order chi connectivity index (χ0) is 12.8. The number of aromatic nitrogens is 1. The number of pyridine rings is 1. The van der Waals surface area contributed by atoms with Gasteiger partial charge in [-0.05, 0) is 30.0 Å². The monoisotopic (exact) mass is 261 g/mol. The van der Waals surface area contributed by atoms with Crippen LogP contribution >= 0.6 is 11.3 Å². The van der Waals surface area contributed by atoms with Gasteiger partial charge in [-0.2, -0.15) is 11.3 Å². The number of carbonyl (C=O) groups excluding carboxylic acids is 1. The van der Waals surface area contributed by atoms with Crippen molar-refractivity contribution >= 4 is 28.6 Å². The molecule has 0 radical (unpaired) electrons. The second-order valence-electron chi connectivity index (χ2n) is 3.82. The Labute approximate surface area is 110 Å². The summed E-state index contributed by atoms with van der Waals surface area (Å²) < 4.78 is 0. The SMILES string of the molecule is CCCNc1ccnc(C(=O)Nc2ccsc2)c1. The molecule has 0 bridgehead atoms. The highest BCUT2D eigenvalue weighted by Gasteiger charge is 2.08. The number of nitrogens with zero attached hydrogens (tertiary/aromatic N) is 1. The first kappa shape index (κ1) is 12.6. The zero-order valence-corrected chi connectivity index (χ0v) is 11.0. The molecule has 0 aliphatic rings. The minimum absolute atomic E-state index is 0.187. The highest BCUT2D eigenvalue weighted by atomic mass is 32.1. The van der Waals surface area contributed by atoms with E-state index < -0.39 is 0 Å². The van der Waals surface area contributed by atoms with Crippen LogP contribution in [-0.2, 0) is 0 Å². The predicted octanol–water partition coefficient (Wildman–Crippen LogP) is 3.22. The van der Waals surface area contributed by atoms with Crippen LogP contribution in [-0.4, -0.2) is 17.4 Å². The van der Waals surface area contributed by atoms with Crippen molar-refractivity contribution in [3.8, 4) is 0 Å². The molecule has 5 heteroatoms. The Kier molecular flexibility index (Phi) is 4.30. The molecule has 0 unspecified atom stereocenters. The molecule has 0 saturated heterocycles. The van der Waals surface area contributed by atoms with Crippen LogP contribution in [0.4, 0.5) is 11.4 Å². The third-order valence-electron chi connectivity index (χ3n) is 2.35. The molecule has 4 nitrogen and oxygen atoms in total. The van der Waals surface area contributed by atoms with Gasteiger partial charge in [-0.3, -0.25) is 9.78 Å². The van der Waals surface area contributed by atoms with E-state index in [1.807, 2.05) is 22.9 Å². The van der Waals surface area contributed by atoms with E-state index in [9.17, 15) is 4.79 Å². The molecule has 0 aromatic carbocycles. The van der Waals surface area contributed by atoms with Crippen molar-refractivity contribution < 1.29 is 4.79 Å². The molecule has 2 N–H and O–H groups in total. The molecule has 0 saturated carbocycles. The van der Waals surface area contributed by atoms with Crippen molar-refractivity contribution in [2.45, 2.75) is 13.3 Å². The first-order valence-electron chi connectivity index (χ1n) is 5.83. The highest BCUT2D eigenvalue weighted by Crippen LogP contribution is 2.14. The Hall–Kier alpha value is -1.88. The van der Waals surface area contributed by atoms with E-state index in [0.717, 1.165) is 24.3 Å². The largest absolute Gasteiger partial charge is 0.385 e. The number of hydrogen-bond donors (Lipinski definition) is 2. The molecule has 2 aromatic heterocycles. The number of anilines is 2. The highest BCUT2D eigenvalue weighted by molar-refractivity contribution is 7.08. The molecule has 0 aliphatic carbocycles. The Morgan fingerprint density at radius 3 is 3.00 bits per heavy atom. The van der Waals surface area contributed by atoms with Gasteiger partial charge in [0, 0.05) is 23.8 Å². The second-order valence-corrected chi connectivity index (χ2v) is 4.60. The van der Waals surface area contributed by atoms with E-state index >= 15 is 0 Å². The molecule has 18 heavy (non-hydrogen) atoms. The summed E-state index contributed by atoms with van der Waals surface area (Å²) in [5.74, 6) is -0.187. The van der Waals surface area contributed by atoms with E-state index in [0.29, 0.717) is 5.69 Å². The summed E-state index contributed by atoms with van der Waals surface area (Å²) >= 11 is 1.54. The Morgan fingerprint density at radius 2 is 2.28 bits per heavy atom. The van der Waals surface area contributed by atoms with Gasteiger partial charge >= 0.3 is 0 Å². The van der Waals surface area contributed by atoms with Crippen LogP contribution < -0.4 is 10.6 Å². The zero-order valence-electron chi connectivity index (χ0n) is 10.1. The average Bonchev–Trinajstić information content (AvgIpc) is 2.89. The normalized spacial score (nSPS) is 10.1. The predicted molar refractivity (Wildman–Crippen MR) is 75.3 cm³/mol. The minimum atomic E-state index is -0.187. The molecular formula is C13H15N3OS. The first-order valence-corrected chi connectivity index (χ1v) is 6.77. The van der Waals surface area contributed by atoms with Gasteiger partial charge in [0.15, 0.2) is 0 Å². The number of amides is 1. The summed E-state index contributed by atoms with van der Waals surface area (Å²) in [6.45, 7) is 2.98. The molecule has 0 aliphatic heterocycles. The van der Waals surface area contributed by atoms with Crippen molar-refractivity contribution in [3.05, 3.63) is 40.8 Å². The van der Waals surface area contributed by atoms with E-state index in [1.54, 1.807) is 23.6 Å². The van der Waals surface area contributed by atoms with Gasteiger partial charge in [0.05, 0.1) is 5.69 Å². The van der Waals surface area contributed by atoms with Gasteiger partial charge < -0.3 is 10.6 Å². The molecule has 94 valence electrons. The average molecular weight is 261 g/mol. The van der Waals surface area contributed by atoms with Gasteiger partial charge in [0.2, 0.25) is 0 Å². The Balaban J connectivity index is 2.05. The third-order valence-corrected chi connectivity index (χ3v) is 3.03. The minimum Gasteiger partial charge on any atom is -0.385 e. The van der Waals surface area contributed by atoms with Gasteiger partial charge in [0.1, 0.15) is 5.69 Å². The van der Waals surface area contributed by atoms with E-state index in [2.05, 4.69) is 22.5 Å². The molecule has 0 spiro atoms. The van der Waals surface area contributed by atoms with E-state index in [1.165, 1.54) is 0 Å². The number of hydrogen-bond acceptors (Lipinski definition) is 4. The fourth-order valence-electron chi connectivity index (χ4n) is 1.46. The smallest absolute Gasteiger partial charge is 0.274 e. The first-order chi connectivity index (χ1) is 8.79. The van der Waals surface area contributed by atoms with Crippen LogP contribution in [0, 0.1) is 0 Å². The van der Waals surface area contributed by atoms with Crippen molar-refractivity contribution in [2.75, 3.05) is 17.2 Å². The summed E-state index contributed by atoms with van der Waals surface area (Å²) in [5, 5.41) is 9.84. The van der Waals surface area contributed by atoms with Crippen LogP contribution in [0.15, 0.2) is 35.2 Å². The lowest BCUT2D eigenvalue weighted by Gasteiger charge is -2.06. The number of nitrogens with one attached hydrogen (secondary N) is 2. The van der Waals surface area contributed by atoms with E-state index in [-0.39, 0.29) is 5.91 Å². The molecule has 2 aromatic rings. The topological polar surface area (TPSA) is 54.0 Å². The van der Waals surface area contributed by atoms with Crippen molar-refractivity contribution in [3.63, 3.8) is 0 Å². The van der Waals surface area contributed by atoms with Gasteiger partial charge in [-0.15, -0.1) is 0 Å². The lowest BCUT2D eigenvalue weighted by molar-refractivity contribution is 0.102. The maximum absolute atomic E-state index is 11.9. The van der Waals surface area contributed by atoms with E-state index in [4.69, 9.17) is 0 Å². The van der Waals surface area contributed by atoms with Gasteiger partial charge in [-0.25, -0.2) is 0 Å². The molecule has 2 heterocycles. The fraction of sp³-hybridized carbons (Fsp3) is 0.231. The molecule has 2 rings (SSSR count). The number of carbonyl (C=O) groups is 1. The van der Waals surface area contributed by atoms with Crippen molar-refractivity contribution in [1.29, 1.82) is 0 Å². The molecule has 0 fully saturated rings. The van der Waals surface area contributed by atoms with Gasteiger partial charge in [-0.1, -0.05) is 6.92 Å². The summed E-state index contributed by atoms with van der Waals surface area (Å²) in [6, 6.07) is 5.48. The van der Waals surface area contributed by atoms with Crippen LogP contribution in [0.1, 0.15) is 23.8 Å².